The molecule has 186 valence electrons. The normalized spacial score (nSPS) is 16.7. The summed E-state index contributed by atoms with van der Waals surface area (Å²) in [7, 11) is 1.37. The molecule has 0 radical (unpaired) electrons. The molecule has 9 heteroatoms. The molecule has 1 aliphatic heterocycles. The average Bonchev–Trinajstić information content (AvgIpc) is 3.51. The number of aliphatic hydroxyl groups excluding tert-OH is 1. The first-order valence-electron chi connectivity index (χ1n) is 11.2. The number of ketones is 1. The number of para-hydroxylation sites is 1. The molecule has 5 rings (SSSR count). The SMILES string of the molecule is COc1c(Cl)cc(Cl)cc1/C(O)=C1/C(=O)C(=O)N(c2ccc(Nc3ccccc3)cc2)C1c1ccco1. The van der Waals surface area contributed by atoms with Crippen LogP contribution in [-0.2, 0) is 9.59 Å². The van der Waals surface area contributed by atoms with Gasteiger partial charge in [-0.15, -0.1) is 0 Å². The molecule has 3 aromatic carbocycles. The number of anilines is 3. The van der Waals surface area contributed by atoms with Gasteiger partial charge in [0.1, 0.15) is 23.3 Å². The Morgan fingerprint density at radius 2 is 1.68 bits per heavy atom. The van der Waals surface area contributed by atoms with Gasteiger partial charge in [0.15, 0.2) is 0 Å². The molecule has 1 amide bonds. The zero-order chi connectivity index (χ0) is 26.1. The van der Waals surface area contributed by atoms with Gasteiger partial charge in [-0.05, 0) is 60.7 Å². The minimum absolute atomic E-state index is 0.0805. The van der Waals surface area contributed by atoms with Crippen molar-refractivity contribution in [2.45, 2.75) is 6.04 Å². The van der Waals surface area contributed by atoms with Crippen LogP contribution in [0.4, 0.5) is 17.1 Å². The number of benzene rings is 3. The minimum atomic E-state index is -1.04. The molecule has 37 heavy (non-hydrogen) atoms. The maximum absolute atomic E-state index is 13.3. The highest BCUT2D eigenvalue weighted by atomic mass is 35.5. The van der Waals surface area contributed by atoms with E-state index >= 15 is 0 Å². The number of nitrogens with one attached hydrogen (secondary N) is 1. The summed E-state index contributed by atoms with van der Waals surface area (Å²) in [6.07, 6.45) is 1.43. The number of nitrogens with zero attached hydrogens (tertiary/aromatic N) is 1. The summed E-state index contributed by atoms with van der Waals surface area (Å²) in [6.45, 7) is 0. The zero-order valence-corrected chi connectivity index (χ0v) is 21.0. The number of furan rings is 1. The second-order valence-electron chi connectivity index (χ2n) is 8.19. The number of carbonyl (C=O) groups is 2. The zero-order valence-electron chi connectivity index (χ0n) is 19.4. The summed E-state index contributed by atoms with van der Waals surface area (Å²) in [5, 5.41) is 15.0. The fraction of sp³-hybridized carbons (Fsp3) is 0.0714. The van der Waals surface area contributed by atoms with Crippen LogP contribution in [0.5, 0.6) is 5.75 Å². The largest absolute Gasteiger partial charge is 0.507 e. The number of amides is 1. The second kappa shape index (κ2) is 10.0. The van der Waals surface area contributed by atoms with E-state index in [1.807, 2.05) is 30.3 Å². The number of methoxy groups -OCH3 is 1. The molecule has 1 atom stereocenters. The van der Waals surface area contributed by atoms with E-state index in [-0.39, 0.29) is 26.9 Å². The number of Topliss-reactive ketones (excluding diaryl/α,β-unsaturated/α-hetero) is 1. The monoisotopic (exact) mass is 534 g/mol. The molecule has 1 fully saturated rings. The summed E-state index contributed by atoms with van der Waals surface area (Å²) in [5.74, 6) is -1.78. The fourth-order valence-electron chi connectivity index (χ4n) is 4.30. The molecule has 0 aliphatic carbocycles. The Bertz CT molecular complexity index is 1500. The van der Waals surface area contributed by atoms with Crippen LogP contribution in [0.3, 0.4) is 0 Å². The molecular formula is C28H20Cl2N2O5. The Kier molecular flexibility index (Phi) is 6.65. The summed E-state index contributed by atoms with van der Waals surface area (Å²) in [5.41, 5.74) is 2.04. The standard InChI is InChI=1S/C28H20Cl2N2O5/c1-36-27-20(14-16(29)15-21(27)30)25(33)23-24(22-8-5-13-37-22)32(28(35)26(23)34)19-11-9-18(10-12-19)31-17-6-3-2-4-7-17/h2-15,24,31,33H,1H3/b25-23-. The maximum Gasteiger partial charge on any atom is 0.300 e. The maximum atomic E-state index is 13.3. The quantitative estimate of drug-likeness (QED) is 0.158. The highest BCUT2D eigenvalue weighted by Gasteiger charge is 2.48. The van der Waals surface area contributed by atoms with E-state index in [0.29, 0.717) is 11.4 Å². The molecule has 4 aromatic rings. The molecule has 0 saturated carbocycles. The fourth-order valence-corrected chi connectivity index (χ4v) is 4.87. The highest BCUT2D eigenvalue weighted by molar-refractivity contribution is 6.51. The Hall–Kier alpha value is -4.20. The first kappa shape index (κ1) is 24.5. The minimum Gasteiger partial charge on any atom is -0.507 e. The lowest BCUT2D eigenvalue weighted by molar-refractivity contribution is -0.132. The molecular weight excluding hydrogens is 515 g/mol. The third-order valence-electron chi connectivity index (χ3n) is 5.93. The molecule has 2 N–H and O–H groups in total. The summed E-state index contributed by atoms with van der Waals surface area (Å²) in [4.78, 5) is 27.9. The number of hydrogen-bond acceptors (Lipinski definition) is 6. The molecule has 2 heterocycles. The third kappa shape index (κ3) is 4.55. The van der Waals surface area contributed by atoms with Crippen molar-refractivity contribution < 1.29 is 23.8 Å². The van der Waals surface area contributed by atoms with E-state index in [1.165, 1.54) is 30.4 Å². The first-order valence-corrected chi connectivity index (χ1v) is 11.9. The number of aliphatic hydroxyl groups is 1. The van der Waals surface area contributed by atoms with Gasteiger partial charge >= 0.3 is 0 Å². The summed E-state index contributed by atoms with van der Waals surface area (Å²) in [6, 6.07) is 21.7. The Morgan fingerprint density at radius 1 is 0.973 bits per heavy atom. The van der Waals surface area contributed by atoms with Crippen LogP contribution < -0.4 is 15.0 Å². The van der Waals surface area contributed by atoms with Crippen molar-refractivity contribution in [1.82, 2.24) is 0 Å². The van der Waals surface area contributed by atoms with E-state index in [2.05, 4.69) is 5.32 Å². The molecule has 0 bridgehead atoms. The molecule has 0 spiro atoms. The van der Waals surface area contributed by atoms with Crippen molar-refractivity contribution in [3.63, 3.8) is 0 Å². The lowest BCUT2D eigenvalue weighted by atomic mass is 9.98. The summed E-state index contributed by atoms with van der Waals surface area (Å²) < 4.78 is 11.0. The predicted molar refractivity (Wildman–Crippen MR) is 143 cm³/mol. The summed E-state index contributed by atoms with van der Waals surface area (Å²) >= 11 is 12.4. The van der Waals surface area contributed by atoms with E-state index in [9.17, 15) is 14.7 Å². The van der Waals surface area contributed by atoms with Crippen molar-refractivity contribution in [1.29, 1.82) is 0 Å². The smallest absolute Gasteiger partial charge is 0.300 e. The number of ether oxygens (including phenoxy) is 1. The molecule has 1 aromatic heterocycles. The third-order valence-corrected chi connectivity index (χ3v) is 6.43. The van der Waals surface area contributed by atoms with Crippen LogP contribution in [0.1, 0.15) is 17.4 Å². The van der Waals surface area contributed by atoms with E-state index in [4.69, 9.17) is 32.4 Å². The van der Waals surface area contributed by atoms with Crippen molar-refractivity contribution in [3.05, 3.63) is 112 Å². The first-order chi connectivity index (χ1) is 17.9. The van der Waals surface area contributed by atoms with Crippen LogP contribution in [0.15, 0.2) is 95.1 Å². The lowest BCUT2D eigenvalue weighted by Gasteiger charge is -2.24. The van der Waals surface area contributed by atoms with Gasteiger partial charge in [0, 0.05) is 22.1 Å². The van der Waals surface area contributed by atoms with Gasteiger partial charge in [-0.3, -0.25) is 14.5 Å². The van der Waals surface area contributed by atoms with Gasteiger partial charge in [0.2, 0.25) is 0 Å². The molecule has 7 nitrogen and oxygen atoms in total. The second-order valence-corrected chi connectivity index (χ2v) is 9.03. The van der Waals surface area contributed by atoms with Gasteiger partial charge in [-0.1, -0.05) is 41.4 Å². The Balaban J connectivity index is 1.60. The Labute approximate surface area is 222 Å². The van der Waals surface area contributed by atoms with Crippen molar-refractivity contribution in [2.75, 3.05) is 17.3 Å². The van der Waals surface area contributed by atoms with Crippen molar-refractivity contribution in [3.8, 4) is 5.75 Å². The van der Waals surface area contributed by atoms with E-state index in [0.717, 1.165) is 11.4 Å². The number of hydrogen-bond donors (Lipinski definition) is 2. The van der Waals surface area contributed by atoms with Crippen LogP contribution >= 0.6 is 23.2 Å². The van der Waals surface area contributed by atoms with Gasteiger partial charge < -0.3 is 19.6 Å². The Morgan fingerprint density at radius 3 is 2.32 bits per heavy atom. The van der Waals surface area contributed by atoms with Crippen LogP contribution in [0, 0.1) is 0 Å². The molecule has 1 unspecified atom stereocenters. The number of carbonyl (C=O) groups excluding carboxylic acids is 2. The van der Waals surface area contributed by atoms with Gasteiger partial charge in [-0.2, -0.15) is 0 Å². The van der Waals surface area contributed by atoms with Crippen LogP contribution in [0.25, 0.3) is 5.76 Å². The molecule has 1 saturated heterocycles. The van der Waals surface area contributed by atoms with E-state index in [1.54, 1.807) is 36.4 Å². The topological polar surface area (TPSA) is 92.0 Å². The van der Waals surface area contributed by atoms with Gasteiger partial charge in [0.25, 0.3) is 11.7 Å². The predicted octanol–water partition coefficient (Wildman–Crippen LogP) is 6.96. The number of rotatable bonds is 6. The van der Waals surface area contributed by atoms with Crippen LogP contribution in [-0.4, -0.2) is 23.9 Å². The van der Waals surface area contributed by atoms with Gasteiger partial charge in [-0.25, -0.2) is 0 Å². The van der Waals surface area contributed by atoms with Crippen molar-refractivity contribution >= 4 is 57.7 Å². The van der Waals surface area contributed by atoms with Crippen LogP contribution in [0.2, 0.25) is 10.0 Å². The highest BCUT2D eigenvalue weighted by Crippen LogP contribution is 2.45. The average molecular weight is 535 g/mol. The molecule has 1 aliphatic rings. The lowest BCUT2D eigenvalue weighted by Crippen LogP contribution is -2.29. The van der Waals surface area contributed by atoms with E-state index < -0.39 is 23.5 Å². The number of halogens is 2. The van der Waals surface area contributed by atoms with Gasteiger partial charge in [0.05, 0.1) is 29.5 Å². The van der Waals surface area contributed by atoms with Crippen molar-refractivity contribution in [2.24, 2.45) is 0 Å².